The summed E-state index contributed by atoms with van der Waals surface area (Å²) >= 11 is 0. The number of nitrogens with one attached hydrogen (secondary N) is 2. The van der Waals surface area contributed by atoms with E-state index in [0.29, 0.717) is 17.5 Å². The van der Waals surface area contributed by atoms with E-state index in [4.69, 9.17) is 4.74 Å². The van der Waals surface area contributed by atoms with Crippen LogP contribution in [0.1, 0.15) is 51.3 Å². The largest absolute Gasteiger partial charge is 0.445 e. The van der Waals surface area contributed by atoms with Gasteiger partial charge in [0.2, 0.25) is 5.91 Å². The lowest BCUT2D eigenvalue weighted by molar-refractivity contribution is -0.125. The fourth-order valence-corrected chi connectivity index (χ4v) is 3.93. The van der Waals surface area contributed by atoms with Crippen LogP contribution in [0, 0.1) is 11.8 Å². The first-order valence-electron chi connectivity index (χ1n) is 11.8. The van der Waals surface area contributed by atoms with Gasteiger partial charge in [-0.25, -0.2) is 4.79 Å². The maximum absolute atomic E-state index is 13.2. The lowest BCUT2D eigenvalue weighted by atomic mass is 9.95. The predicted molar refractivity (Wildman–Crippen MR) is 133 cm³/mol. The van der Waals surface area contributed by atoms with Gasteiger partial charge in [0.15, 0.2) is 5.43 Å². The molecule has 1 aromatic heterocycles. The molecule has 0 bridgehead atoms. The van der Waals surface area contributed by atoms with E-state index in [1.54, 1.807) is 24.5 Å². The highest BCUT2D eigenvalue weighted by atomic mass is 16.5. The molecular formula is C27H33N3O5. The quantitative estimate of drug-likeness (QED) is 0.387. The van der Waals surface area contributed by atoms with E-state index < -0.39 is 30.2 Å². The maximum atomic E-state index is 13.2. The third-order valence-corrected chi connectivity index (χ3v) is 5.84. The van der Waals surface area contributed by atoms with Gasteiger partial charge in [-0.1, -0.05) is 58.0 Å². The zero-order valence-corrected chi connectivity index (χ0v) is 20.5. The number of pyridine rings is 1. The molecule has 0 unspecified atom stereocenters. The molecule has 1 heterocycles. The van der Waals surface area contributed by atoms with E-state index in [9.17, 15) is 19.5 Å². The minimum atomic E-state index is -1.15. The predicted octanol–water partition coefficient (Wildman–Crippen LogP) is 3.50. The average molecular weight is 480 g/mol. The van der Waals surface area contributed by atoms with Gasteiger partial charge in [-0.15, -0.1) is 0 Å². The monoisotopic (exact) mass is 479 g/mol. The van der Waals surface area contributed by atoms with Gasteiger partial charge in [-0.2, -0.15) is 0 Å². The molecule has 0 saturated heterocycles. The Kier molecular flexibility index (Phi) is 8.76. The molecule has 8 heteroatoms. The zero-order chi connectivity index (χ0) is 25.5. The van der Waals surface area contributed by atoms with E-state index >= 15 is 0 Å². The van der Waals surface area contributed by atoms with E-state index in [2.05, 4.69) is 15.6 Å². The fraction of sp³-hybridized carbons (Fsp3) is 0.407. The minimum absolute atomic E-state index is 0.0518. The number of hydrogen-bond acceptors (Lipinski definition) is 6. The summed E-state index contributed by atoms with van der Waals surface area (Å²) < 4.78 is 5.26. The summed E-state index contributed by atoms with van der Waals surface area (Å²) in [6.07, 6.45) is 1.72. The highest BCUT2D eigenvalue weighted by molar-refractivity contribution is 5.86. The Morgan fingerprint density at radius 3 is 2.26 bits per heavy atom. The second-order valence-corrected chi connectivity index (χ2v) is 9.47. The van der Waals surface area contributed by atoms with Crippen LogP contribution in [0.5, 0.6) is 0 Å². The van der Waals surface area contributed by atoms with Crippen molar-refractivity contribution < 1.29 is 19.4 Å². The first-order valence-corrected chi connectivity index (χ1v) is 11.8. The molecule has 3 rings (SSSR count). The summed E-state index contributed by atoms with van der Waals surface area (Å²) in [4.78, 5) is 42.0. The molecule has 3 N–H and O–H groups in total. The molecular weight excluding hydrogens is 446 g/mol. The number of amides is 2. The number of aliphatic hydroxyl groups is 1. The van der Waals surface area contributed by atoms with Crippen LogP contribution in [-0.4, -0.2) is 34.2 Å². The van der Waals surface area contributed by atoms with Crippen molar-refractivity contribution in [2.24, 2.45) is 11.8 Å². The molecule has 0 aliphatic carbocycles. The van der Waals surface area contributed by atoms with Crippen molar-refractivity contribution in [2.75, 3.05) is 0 Å². The summed E-state index contributed by atoms with van der Waals surface area (Å²) in [5.74, 6) is -0.483. The van der Waals surface area contributed by atoms with Gasteiger partial charge in [0, 0.05) is 23.5 Å². The van der Waals surface area contributed by atoms with E-state index in [0.717, 1.165) is 11.1 Å². The number of benzene rings is 1. The summed E-state index contributed by atoms with van der Waals surface area (Å²) in [7, 11) is 0. The number of nitrogens with zero attached hydrogens (tertiary/aromatic N) is 1. The number of ether oxygens (including phenoxy) is 1. The SMILES string of the molecule is CC(C)C[C@H](NC(=O)OCc1ccncc1)C(=O)N[C@@H](C(C)C)[C@H](O)c1c(-c2ccccc2)c1=O. The molecule has 2 aromatic carbocycles. The minimum Gasteiger partial charge on any atom is -0.445 e. The molecule has 0 aliphatic heterocycles. The Morgan fingerprint density at radius 1 is 1.00 bits per heavy atom. The van der Waals surface area contributed by atoms with Crippen molar-refractivity contribution in [3.05, 3.63) is 76.2 Å². The number of alkyl carbamates (subject to hydrolysis) is 1. The lowest BCUT2D eigenvalue weighted by Gasteiger charge is -2.29. The third-order valence-electron chi connectivity index (χ3n) is 5.84. The van der Waals surface area contributed by atoms with Crippen LogP contribution < -0.4 is 16.1 Å². The molecule has 0 radical (unpaired) electrons. The Morgan fingerprint density at radius 2 is 1.66 bits per heavy atom. The van der Waals surface area contributed by atoms with Crippen LogP contribution in [0.2, 0.25) is 0 Å². The molecule has 0 fully saturated rings. The Balaban J connectivity index is 1.67. The number of carbonyl (C=O) groups excluding carboxylic acids is 2. The average Bonchev–Trinajstić information content (AvgIpc) is 3.51. The third kappa shape index (κ3) is 6.99. The van der Waals surface area contributed by atoms with Gasteiger partial charge in [0.05, 0.1) is 6.04 Å². The van der Waals surface area contributed by atoms with Crippen molar-refractivity contribution in [3.63, 3.8) is 0 Å². The van der Waals surface area contributed by atoms with Crippen LogP contribution in [0.4, 0.5) is 4.79 Å². The molecule has 3 aromatic rings. The standard InChI is InChI=1S/C27H33N3O5/c1-16(2)14-20(29-27(34)35-15-18-10-12-28-13-11-18)26(33)30-23(17(3)4)25(32)22-21(24(22)31)19-8-6-5-7-9-19/h5-13,16-17,20,23,25,32H,14-15H2,1-4H3,(H,29,34)(H,30,33)/t20-,23-,25+/m0/s1. The van der Waals surface area contributed by atoms with Crippen molar-refractivity contribution in [3.8, 4) is 11.1 Å². The number of aromatic nitrogens is 1. The summed E-state index contributed by atoms with van der Waals surface area (Å²) in [6.45, 7) is 7.66. The molecule has 35 heavy (non-hydrogen) atoms. The summed E-state index contributed by atoms with van der Waals surface area (Å²) in [5.41, 5.74) is 2.14. The molecule has 0 spiro atoms. The van der Waals surface area contributed by atoms with Crippen LogP contribution in [0.3, 0.4) is 0 Å². The first-order chi connectivity index (χ1) is 16.7. The van der Waals surface area contributed by atoms with Crippen LogP contribution in [0.15, 0.2) is 59.7 Å². The number of hydrogen-bond donors (Lipinski definition) is 3. The molecule has 8 nitrogen and oxygen atoms in total. The van der Waals surface area contributed by atoms with E-state index in [1.807, 2.05) is 58.0 Å². The van der Waals surface area contributed by atoms with Crippen molar-refractivity contribution in [1.82, 2.24) is 15.6 Å². The topological polar surface area (TPSA) is 118 Å². The first kappa shape index (κ1) is 26.1. The highest BCUT2D eigenvalue weighted by Crippen LogP contribution is 2.33. The van der Waals surface area contributed by atoms with E-state index in [-0.39, 0.29) is 23.9 Å². The van der Waals surface area contributed by atoms with Crippen molar-refractivity contribution in [2.45, 2.75) is 58.9 Å². The Bertz CT molecular complexity index is 1120. The zero-order valence-electron chi connectivity index (χ0n) is 20.5. The van der Waals surface area contributed by atoms with E-state index in [1.165, 1.54) is 0 Å². The molecule has 0 saturated carbocycles. The van der Waals surface area contributed by atoms with Gasteiger partial charge < -0.3 is 20.5 Å². The van der Waals surface area contributed by atoms with Crippen LogP contribution in [0.25, 0.3) is 11.1 Å². The van der Waals surface area contributed by atoms with Gasteiger partial charge in [0.25, 0.3) is 0 Å². The lowest BCUT2D eigenvalue weighted by Crippen LogP contribution is -2.52. The van der Waals surface area contributed by atoms with Gasteiger partial charge in [0.1, 0.15) is 18.8 Å². The molecule has 0 aliphatic rings. The number of carbonyl (C=O) groups is 2. The van der Waals surface area contributed by atoms with Crippen molar-refractivity contribution in [1.29, 1.82) is 0 Å². The molecule has 3 atom stereocenters. The normalized spacial score (nSPS) is 14.0. The smallest absolute Gasteiger partial charge is 0.408 e. The Labute approximate surface area is 205 Å². The van der Waals surface area contributed by atoms with Gasteiger partial charge in [-0.3, -0.25) is 14.6 Å². The van der Waals surface area contributed by atoms with Gasteiger partial charge >= 0.3 is 6.09 Å². The summed E-state index contributed by atoms with van der Waals surface area (Å²) in [5, 5.41) is 16.5. The van der Waals surface area contributed by atoms with Crippen LogP contribution >= 0.6 is 0 Å². The molecule has 2 amide bonds. The molecule has 186 valence electrons. The number of aliphatic hydroxyl groups excluding tert-OH is 1. The number of rotatable bonds is 11. The maximum Gasteiger partial charge on any atom is 0.408 e. The second-order valence-electron chi connectivity index (χ2n) is 9.47. The Hall–Kier alpha value is -3.52. The van der Waals surface area contributed by atoms with Crippen molar-refractivity contribution >= 4 is 12.0 Å². The second kappa shape index (κ2) is 11.8. The van der Waals surface area contributed by atoms with Gasteiger partial charge in [-0.05, 0) is 41.5 Å². The van der Waals surface area contributed by atoms with Crippen LogP contribution in [-0.2, 0) is 16.1 Å². The highest BCUT2D eigenvalue weighted by Gasteiger charge is 2.37. The summed E-state index contributed by atoms with van der Waals surface area (Å²) in [6, 6.07) is 11.1. The fourth-order valence-electron chi connectivity index (χ4n) is 3.93.